The van der Waals surface area contributed by atoms with E-state index in [1.165, 1.54) is 43.3 Å². The van der Waals surface area contributed by atoms with Crippen molar-refractivity contribution >= 4 is 13.9 Å². The second kappa shape index (κ2) is 11.0. The zero-order valence-corrected chi connectivity index (χ0v) is 22.4. The van der Waals surface area contributed by atoms with Gasteiger partial charge in [0.25, 0.3) is 0 Å². The van der Waals surface area contributed by atoms with E-state index in [0.717, 1.165) is 56.1 Å². The Morgan fingerprint density at radius 2 is 1.97 bits per heavy atom. The van der Waals surface area contributed by atoms with Gasteiger partial charge in [-0.3, -0.25) is 4.79 Å². The van der Waals surface area contributed by atoms with Crippen LogP contribution in [0.15, 0.2) is 42.2 Å². The smallest absolute Gasteiger partial charge is 0.135 e. The number of hydrogen-bond acceptors (Lipinski definition) is 3. The van der Waals surface area contributed by atoms with Crippen LogP contribution in [0.1, 0.15) is 77.0 Å². The van der Waals surface area contributed by atoms with Crippen LogP contribution in [-0.2, 0) is 9.53 Å². The van der Waals surface area contributed by atoms with Crippen LogP contribution in [0, 0.1) is 11.8 Å². The van der Waals surface area contributed by atoms with Gasteiger partial charge in [-0.15, -0.1) is 5.73 Å². The number of Topliss-reactive ketones (excluding diaryl/α,β-unsaturated/α-hetero) is 1. The number of ether oxygens (including phenoxy) is 1. The minimum absolute atomic E-state index is 0.0260. The molecule has 33 heavy (non-hydrogen) atoms. The quantitative estimate of drug-likeness (QED) is 0.317. The fourth-order valence-corrected chi connectivity index (χ4v) is 8.00. The van der Waals surface area contributed by atoms with Gasteiger partial charge in [-0.25, -0.2) is 0 Å². The van der Waals surface area contributed by atoms with Crippen molar-refractivity contribution in [2.75, 3.05) is 0 Å². The van der Waals surface area contributed by atoms with E-state index in [1.54, 1.807) is 0 Å². The summed E-state index contributed by atoms with van der Waals surface area (Å²) in [4.78, 5) is 11.5. The van der Waals surface area contributed by atoms with Gasteiger partial charge >= 0.3 is 0 Å². The summed E-state index contributed by atoms with van der Waals surface area (Å²) in [6, 6.07) is 1.05. The van der Waals surface area contributed by atoms with Gasteiger partial charge in [0.1, 0.15) is 5.78 Å². The number of fused-ring (bicyclic) bond motifs is 1. The van der Waals surface area contributed by atoms with Crippen molar-refractivity contribution in [2.45, 2.75) is 121 Å². The molecule has 184 valence electrons. The summed E-state index contributed by atoms with van der Waals surface area (Å²) in [6.45, 7) is 19.1. The molecule has 4 aliphatic rings. The lowest BCUT2D eigenvalue weighted by molar-refractivity contribution is -0.136. The minimum atomic E-state index is -1.17. The lowest BCUT2D eigenvalue weighted by Gasteiger charge is -2.49. The van der Waals surface area contributed by atoms with Crippen LogP contribution < -0.4 is 0 Å². The molecule has 2 aliphatic heterocycles. The summed E-state index contributed by atoms with van der Waals surface area (Å²) in [6.07, 6.45) is 12.6. The van der Waals surface area contributed by atoms with Gasteiger partial charge in [0.15, 0.2) is 0 Å². The molecule has 2 saturated carbocycles. The van der Waals surface area contributed by atoms with Crippen molar-refractivity contribution in [1.82, 2.24) is 0 Å². The number of carbonyl (C=O) groups excluding carboxylic acids is 1. The maximum absolute atomic E-state index is 11.5. The van der Waals surface area contributed by atoms with Gasteiger partial charge in [-0.05, 0) is 92.9 Å². The molecule has 0 amide bonds. The predicted molar refractivity (Wildman–Crippen MR) is 140 cm³/mol. The Kier molecular flexibility index (Phi) is 8.83. The molecule has 5 unspecified atom stereocenters. The number of ketones is 1. The van der Waals surface area contributed by atoms with E-state index >= 15 is 0 Å². The van der Waals surface area contributed by atoms with Crippen LogP contribution >= 0.6 is 0 Å². The molecule has 0 aromatic rings. The molecule has 0 aromatic carbocycles. The molecule has 4 rings (SSSR count). The number of aliphatic hydroxyl groups excluding tert-OH is 1. The predicted octanol–water partition coefficient (Wildman–Crippen LogP) is 7.16. The van der Waals surface area contributed by atoms with Crippen molar-refractivity contribution in [3.8, 4) is 0 Å². The number of aliphatic hydroxyl groups is 1. The summed E-state index contributed by atoms with van der Waals surface area (Å²) in [5.41, 5.74) is 6.66. The highest BCUT2D eigenvalue weighted by Crippen LogP contribution is 2.55. The number of hydrogen-bond donors (Lipinski definition) is 1. The third-order valence-electron chi connectivity index (χ3n) is 8.14. The maximum atomic E-state index is 11.5. The van der Waals surface area contributed by atoms with Crippen LogP contribution in [0.5, 0.6) is 0 Å². The highest BCUT2D eigenvalue weighted by Gasteiger charge is 2.52. The van der Waals surface area contributed by atoms with Crippen molar-refractivity contribution in [3.63, 3.8) is 0 Å². The van der Waals surface area contributed by atoms with Crippen LogP contribution in [0.2, 0.25) is 25.7 Å². The molecule has 4 heteroatoms. The first-order valence-electron chi connectivity index (χ1n) is 13.2. The average molecular weight is 471 g/mol. The molecular weight excluding hydrogens is 424 g/mol. The van der Waals surface area contributed by atoms with Crippen LogP contribution in [-0.4, -0.2) is 36.8 Å². The average Bonchev–Trinajstić information content (AvgIpc) is 3.35. The van der Waals surface area contributed by atoms with Crippen molar-refractivity contribution in [1.29, 1.82) is 0 Å². The van der Waals surface area contributed by atoms with Crippen molar-refractivity contribution in [3.05, 3.63) is 42.2 Å². The van der Waals surface area contributed by atoms with Crippen LogP contribution in [0.4, 0.5) is 0 Å². The first-order valence-corrected chi connectivity index (χ1v) is 16.9. The summed E-state index contributed by atoms with van der Waals surface area (Å²) in [5.74, 6) is 1.35. The van der Waals surface area contributed by atoms with Gasteiger partial charge in [0.05, 0.1) is 17.8 Å². The van der Waals surface area contributed by atoms with E-state index in [9.17, 15) is 9.90 Å². The fraction of sp³-hybridized carbons (Fsp3) is 0.724. The normalized spacial score (nSPS) is 32.0. The van der Waals surface area contributed by atoms with Crippen LogP contribution in [0.3, 0.4) is 0 Å². The topological polar surface area (TPSA) is 46.5 Å². The van der Waals surface area contributed by atoms with Crippen molar-refractivity contribution in [2.24, 2.45) is 11.8 Å². The summed E-state index contributed by atoms with van der Waals surface area (Å²) >= 11 is 0. The fourth-order valence-electron chi connectivity index (χ4n) is 6.45. The van der Waals surface area contributed by atoms with Gasteiger partial charge in [-0.1, -0.05) is 39.4 Å². The molecule has 2 aliphatic carbocycles. The second-order valence-corrected chi connectivity index (χ2v) is 17.6. The van der Waals surface area contributed by atoms with Gasteiger partial charge < -0.3 is 9.84 Å². The highest BCUT2D eigenvalue weighted by molar-refractivity contribution is 6.76. The van der Waals surface area contributed by atoms with E-state index < -0.39 is 8.07 Å². The molecule has 4 fully saturated rings. The molecular formula is C29H46O3Si. The summed E-state index contributed by atoms with van der Waals surface area (Å²) < 4.78 is 6.26. The van der Waals surface area contributed by atoms with Gasteiger partial charge in [0.2, 0.25) is 0 Å². The minimum Gasteiger partial charge on any atom is -0.393 e. The Hall–Kier alpha value is -1.19. The van der Waals surface area contributed by atoms with Gasteiger partial charge in [0, 0.05) is 26.8 Å². The Labute approximate surface area is 203 Å². The molecule has 1 N–H and O–H groups in total. The molecule has 3 nitrogen and oxygen atoms in total. The third kappa shape index (κ3) is 6.69. The van der Waals surface area contributed by atoms with E-state index in [-0.39, 0.29) is 17.6 Å². The first-order chi connectivity index (χ1) is 15.5. The Bertz CT molecular complexity index is 800. The Morgan fingerprint density at radius 1 is 1.21 bits per heavy atom. The van der Waals surface area contributed by atoms with E-state index in [2.05, 4.69) is 45.1 Å². The highest BCUT2D eigenvalue weighted by atomic mass is 28.3. The van der Waals surface area contributed by atoms with E-state index in [0.29, 0.717) is 18.3 Å². The maximum Gasteiger partial charge on any atom is 0.135 e. The zero-order valence-electron chi connectivity index (χ0n) is 21.4. The summed E-state index contributed by atoms with van der Waals surface area (Å²) in [7, 11) is -1.17. The lowest BCUT2D eigenvalue weighted by Crippen LogP contribution is -2.49. The number of carbonyl (C=O) groups is 1. The molecule has 1 spiro atoms. The number of rotatable bonds is 7. The Morgan fingerprint density at radius 3 is 2.61 bits per heavy atom. The SMILES string of the molecule is C=C1CC2CCC3CCCC3(O2)C1=C.C=C=C(CC(O)CCC1CCCC1=O)C[Si](C)(C)C. The standard InChI is InChI=1S/C16H28O2Si.C13H18O/c1-5-13(12-19(2,3)4)11-15(17)10-9-14-7-6-8-16(14)18;1-9-8-12-6-5-11-4-3-7-13(11,14-12)10(9)2/h14-15,17H,1,6-12H2,2-4H3;11-12H,1-8H2. The zero-order chi connectivity index (χ0) is 24.2. The third-order valence-corrected chi connectivity index (χ3v) is 9.63. The first kappa shape index (κ1) is 26.4. The largest absolute Gasteiger partial charge is 0.393 e. The summed E-state index contributed by atoms with van der Waals surface area (Å²) in [5, 5.41) is 10.1. The van der Waals surface area contributed by atoms with Crippen LogP contribution in [0.25, 0.3) is 0 Å². The molecule has 2 bridgehead atoms. The lowest BCUT2D eigenvalue weighted by atomic mass is 9.71. The monoisotopic (exact) mass is 470 g/mol. The van der Waals surface area contributed by atoms with Gasteiger partial charge in [-0.2, -0.15) is 0 Å². The second-order valence-electron chi connectivity index (χ2n) is 12.1. The van der Waals surface area contributed by atoms with E-state index in [1.807, 2.05) is 0 Å². The molecule has 2 saturated heterocycles. The molecule has 5 atom stereocenters. The molecule has 0 radical (unpaired) electrons. The van der Waals surface area contributed by atoms with E-state index in [4.69, 9.17) is 4.74 Å². The molecule has 0 aromatic heterocycles. The Balaban J connectivity index is 0.000000192. The van der Waals surface area contributed by atoms with Crippen molar-refractivity contribution < 1.29 is 14.6 Å². The molecule has 2 heterocycles.